The molecule has 0 bridgehead atoms. The number of piperidine rings is 1. The molecule has 2 rings (SSSR count). The monoisotopic (exact) mass is 382 g/mol. The van der Waals surface area contributed by atoms with Gasteiger partial charge in [-0.05, 0) is 52.2 Å². The lowest BCUT2D eigenvalue weighted by Gasteiger charge is -2.32. The highest BCUT2D eigenvalue weighted by molar-refractivity contribution is 5.68. The fraction of sp³-hybridized carbons (Fsp3) is 0.650. The van der Waals surface area contributed by atoms with Crippen LogP contribution in [0, 0.1) is 5.82 Å². The number of likely N-dealkylation sites (tertiary alicyclic amines) is 1. The van der Waals surface area contributed by atoms with Gasteiger partial charge >= 0.3 is 6.09 Å². The first-order chi connectivity index (χ1) is 12.8. The summed E-state index contributed by atoms with van der Waals surface area (Å²) in [5.74, 6) is 0.619. The van der Waals surface area contributed by atoms with Gasteiger partial charge in [0.25, 0.3) is 0 Å². The molecule has 1 N–H and O–H groups in total. The predicted octanol–water partition coefficient (Wildman–Crippen LogP) is 3.59. The molecule has 7 heteroatoms. The minimum absolute atomic E-state index is 0.156. The van der Waals surface area contributed by atoms with Crippen LogP contribution in [0.1, 0.15) is 40.0 Å². The molecule has 0 saturated carbocycles. The summed E-state index contributed by atoms with van der Waals surface area (Å²) in [4.78, 5) is 14.2. The number of rotatable bonds is 7. The van der Waals surface area contributed by atoms with E-state index in [0.717, 1.165) is 38.9 Å². The lowest BCUT2D eigenvalue weighted by molar-refractivity contribution is 0.0478. The Labute approximate surface area is 161 Å². The number of carbonyl (C=O) groups is 1. The molecule has 1 heterocycles. The Bertz CT molecular complexity index is 610. The van der Waals surface area contributed by atoms with Crippen molar-refractivity contribution in [1.29, 1.82) is 0 Å². The number of nitrogens with zero attached hydrogens (tertiary/aromatic N) is 1. The summed E-state index contributed by atoms with van der Waals surface area (Å²) in [6, 6.07) is 4.41. The Kier molecular flexibility index (Phi) is 7.71. The third-order valence-electron chi connectivity index (χ3n) is 4.31. The first kappa shape index (κ1) is 21.3. The van der Waals surface area contributed by atoms with Gasteiger partial charge in [-0.15, -0.1) is 0 Å². The van der Waals surface area contributed by atoms with Crippen LogP contribution in [0.3, 0.4) is 0 Å². The lowest BCUT2D eigenvalue weighted by Crippen LogP contribution is -2.46. The highest BCUT2D eigenvalue weighted by atomic mass is 19.1. The molecule has 1 amide bonds. The summed E-state index contributed by atoms with van der Waals surface area (Å²) < 4.78 is 29.4. The van der Waals surface area contributed by atoms with E-state index in [9.17, 15) is 9.18 Å². The highest BCUT2D eigenvalue weighted by Crippen LogP contribution is 2.27. The molecule has 0 unspecified atom stereocenters. The Morgan fingerprint density at radius 3 is 2.59 bits per heavy atom. The minimum Gasteiger partial charge on any atom is -0.493 e. The zero-order valence-corrected chi connectivity index (χ0v) is 16.7. The number of nitrogens with one attached hydrogen (secondary N) is 1. The van der Waals surface area contributed by atoms with Crippen molar-refractivity contribution in [2.45, 2.75) is 51.7 Å². The molecule has 1 aromatic rings. The Balaban J connectivity index is 1.64. The number of hydrogen-bond donors (Lipinski definition) is 1. The molecular weight excluding hydrogens is 351 g/mol. The average molecular weight is 382 g/mol. The van der Waals surface area contributed by atoms with Crippen LogP contribution < -0.4 is 14.8 Å². The minimum atomic E-state index is -0.477. The molecular formula is C20H31FN2O4. The molecule has 152 valence electrons. The van der Waals surface area contributed by atoms with Crippen LogP contribution in [0.15, 0.2) is 18.2 Å². The van der Waals surface area contributed by atoms with Gasteiger partial charge < -0.3 is 24.4 Å². The van der Waals surface area contributed by atoms with Crippen molar-refractivity contribution in [3.05, 3.63) is 24.0 Å². The summed E-state index contributed by atoms with van der Waals surface area (Å²) in [5, 5.41) is 2.94. The van der Waals surface area contributed by atoms with E-state index in [-0.39, 0.29) is 18.0 Å². The van der Waals surface area contributed by atoms with Crippen molar-refractivity contribution in [3.63, 3.8) is 0 Å². The molecule has 1 fully saturated rings. The third kappa shape index (κ3) is 7.62. The smallest absolute Gasteiger partial charge is 0.407 e. The van der Waals surface area contributed by atoms with Gasteiger partial charge in [-0.25, -0.2) is 9.18 Å². The van der Waals surface area contributed by atoms with Crippen molar-refractivity contribution < 1.29 is 23.4 Å². The van der Waals surface area contributed by atoms with Crippen LogP contribution in [0.25, 0.3) is 0 Å². The molecule has 0 atom stereocenters. The van der Waals surface area contributed by atoms with Crippen LogP contribution in [0.2, 0.25) is 0 Å². The van der Waals surface area contributed by atoms with E-state index < -0.39 is 5.60 Å². The SMILES string of the molecule is COc1ccc(F)cc1OCCCN1CCC(NC(=O)OC(C)(C)C)CC1. The van der Waals surface area contributed by atoms with E-state index in [2.05, 4.69) is 10.2 Å². The van der Waals surface area contributed by atoms with E-state index in [1.807, 2.05) is 20.8 Å². The maximum Gasteiger partial charge on any atom is 0.407 e. The van der Waals surface area contributed by atoms with Crippen LogP contribution in [-0.4, -0.2) is 56.0 Å². The van der Waals surface area contributed by atoms with Crippen LogP contribution in [-0.2, 0) is 4.74 Å². The zero-order chi connectivity index (χ0) is 19.9. The van der Waals surface area contributed by atoms with E-state index in [4.69, 9.17) is 14.2 Å². The largest absolute Gasteiger partial charge is 0.493 e. The number of hydrogen-bond acceptors (Lipinski definition) is 5. The summed E-state index contributed by atoms with van der Waals surface area (Å²) in [7, 11) is 1.54. The van der Waals surface area contributed by atoms with Gasteiger partial charge in [0.1, 0.15) is 11.4 Å². The molecule has 6 nitrogen and oxygen atoms in total. The lowest BCUT2D eigenvalue weighted by atomic mass is 10.1. The number of ether oxygens (including phenoxy) is 3. The second-order valence-corrected chi connectivity index (χ2v) is 7.76. The quantitative estimate of drug-likeness (QED) is 0.731. The zero-order valence-electron chi connectivity index (χ0n) is 16.7. The molecule has 1 aromatic carbocycles. The molecule has 0 radical (unpaired) electrons. The predicted molar refractivity (Wildman–Crippen MR) is 102 cm³/mol. The molecule has 1 aliphatic heterocycles. The highest BCUT2D eigenvalue weighted by Gasteiger charge is 2.23. The third-order valence-corrected chi connectivity index (χ3v) is 4.31. The summed E-state index contributed by atoms with van der Waals surface area (Å²) >= 11 is 0. The first-order valence-electron chi connectivity index (χ1n) is 9.45. The molecule has 0 aliphatic carbocycles. The maximum absolute atomic E-state index is 13.3. The van der Waals surface area contributed by atoms with Crippen molar-refractivity contribution in [3.8, 4) is 11.5 Å². The maximum atomic E-state index is 13.3. The van der Waals surface area contributed by atoms with E-state index in [1.54, 1.807) is 6.07 Å². The Morgan fingerprint density at radius 2 is 1.96 bits per heavy atom. The molecule has 0 aromatic heterocycles. The first-order valence-corrected chi connectivity index (χ1v) is 9.45. The van der Waals surface area contributed by atoms with Crippen LogP contribution in [0.4, 0.5) is 9.18 Å². The average Bonchev–Trinajstić information content (AvgIpc) is 2.58. The normalized spacial score (nSPS) is 16.0. The topological polar surface area (TPSA) is 60.0 Å². The van der Waals surface area contributed by atoms with E-state index in [0.29, 0.717) is 18.1 Å². The van der Waals surface area contributed by atoms with Gasteiger partial charge in [-0.1, -0.05) is 0 Å². The van der Waals surface area contributed by atoms with E-state index >= 15 is 0 Å². The summed E-state index contributed by atoms with van der Waals surface area (Å²) in [5.41, 5.74) is -0.477. The number of halogens is 1. The fourth-order valence-corrected chi connectivity index (χ4v) is 3.01. The Morgan fingerprint density at radius 1 is 1.26 bits per heavy atom. The standard InChI is InChI=1S/C20H31FN2O4/c1-20(2,3)27-19(24)22-16-8-11-23(12-9-16)10-5-13-26-18-14-15(21)6-7-17(18)25-4/h6-7,14,16H,5,8-13H2,1-4H3,(H,22,24). The van der Waals surface area contributed by atoms with Crippen LogP contribution >= 0.6 is 0 Å². The summed E-state index contributed by atoms with van der Waals surface area (Å²) in [6.07, 6.45) is 2.29. The number of carbonyl (C=O) groups excluding carboxylic acids is 1. The van der Waals surface area contributed by atoms with Crippen molar-refractivity contribution in [1.82, 2.24) is 10.2 Å². The fourth-order valence-electron chi connectivity index (χ4n) is 3.01. The number of alkyl carbamates (subject to hydrolysis) is 1. The van der Waals surface area contributed by atoms with Crippen LogP contribution in [0.5, 0.6) is 11.5 Å². The van der Waals surface area contributed by atoms with Crippen molar-refractivity contribution in [2.75, 3.05) is 33.4 Å². The van der Waals surface area contributed by atoms with Gasteiger partial charge in [-0.3, -0.25) is 0 Å². The number of benzene rings is 1. The van der Waals surface area contributed by atoms with Gasteiger partial charge in [0.15, 0.2) is 11.5 Å². The van der Waals surface area contributed by atoms with Gasteiger partial charge in [0, 0.05) is 31.7 Å². The van der Waals surface area contributed by atoms with Gasteiger partial charge in [-0.2, -0.15) is 0 Å². The second kappa shape index (κ2) is 9.78. The van der Waals surface area contributed by atoms with Gasteiger partial charge in [0.2, 0.25) is 0 Å². The molecule has 0 spiro atoms. The molecule has 1 aliphatic rings. The molecule has 1 saturated heterocycles. The van der Waals surface area contributed by atoms with Crippen molar-refractivity contribution >= 4 is 6.09 Å². The van der Waals surface area contributed by atoms with Crippen molar-refractivity contribution in [2.24, 2.45) is 0 Å². The summed E-state index contributed by atoms with van der Waals surface area (Å²) in [6.45, 7) is 8.81. The number of amides is 1. The Hall–Kier alpha value is -2.02. The second-order valence-electron chi connectivity index (χ2n) is 7.76. The van der Waals surface area contributed by atoms with Gasteiger partial charge in [0.05, 0.1) is 13.7 Å². The number of methoxy groups -OCH3 is 1. The van der Waals surface area contributed by atoms with E-state index in [1.165, 1.54) is 19.2 Å². The molecule has 27 heavy (non-hydrogen) atoms.